The Morgan fingerprint density at radius 2 is 1.96 bits per heavy atom. The lowest BCUT2D eigenvalue weighted by atomic mass is 10.2. The number of amides is 1. The van der Waals surface area contributed by atoms with Gasteiger partial charge in [-0.3, -0.25) is 9.59 Å². The van der Waals surface area contributed by atoms with Crippen LogP contribution in [0.3, 0.4) is 0 Å². The van der Waals surface area contributed by atoms with Gasteiger partial charge in [0, 0.05) is 13.1 Å². The van der Waals surface area contributed by atoms with E-state index in [0.717, 1.165) is 16.0 Å². The van der Waals surface area contributed by atoms with E-state index in [2.05, 4.69) is 16.9 Å². The maximum atomic E-state index is 12.7. The molecule has 0 aliphatic heterocycles. The lowest BCUT2D eigenvalue weighted by Crippen LogP contribution is -2.37. The molecule has 0 atom stereocenters. The standard InChI is InChI=1S/C20H20N4O3/c1-3-12-23(13-15-8-10-16(27-2)11-9-15)19(25)14-24-20(26)17-6-4-5-7-18(17)21-22-24/h3-11H,1,12-14H2,2H3. The van der Waals surface area contributed by atoms with Crippen molar-refractivity contribution in [1.82, 2.24) is 19.9 Å². The van der Waals surface area contributed by atoms with Crippen LogP contribution in [0, 0.1) is 0 Å². The number of hydrogen-bond acceptors (Lipinski definition) is 5. The van der Waals surface area contributed by atoms with Crippen LogP contribution in [0.4, 0.5) is 0 Å². The highest BCUT2D eigenvalue weighted by atomic mass is 16.5. The number of nitrogens with zero attached hydrogens (tertiary/aromatic N) is 4. The van der Waals surface area contributed by atoms with Gasteiger partial charge in [0.2, 0.25) is 5.91 Å². The van der Waals surface area contributed by atoms with Crippen molar-refractivity contribution in [1.29, 1.82) is 0 Å². The van der Waals surface area contributed by atoms with Crippen molar-refractivity contribution in [3.8, 4) is 5.75 Å². The number of carbonyl (C=O) groups excluding carboxylic acids is 1. The average molecular weight is 364 g/mol. The highest BCUT2D eigenvalue weighted by Gasteiger charge is 2.16. The summed E-state index contributed by atoms with van der Waals surface area (Å²) in [5, 5.41) is 8.33. The normalized spacial score (nSPS) is 10.6. The van der Waals surface area contributed by atoms with E-state index in [4.69, 9.17) is 4.74 Å². The molecular weight excluding hydrogens is 344 g/mol. The minimum absolute atomic E-state index is 0.180. The second-order valence-corrected chi connectivity index (χ2v) is 5.98. The fraction of sp³-hybridized carbons (Fsp3) is 0.200. The van der Waals surface area contributed by atoms with Gasteiger partial charge in [0.1, 0.15) is 17.8 Å². The van der Waals surface area contributed by atoms with Crippen LogP contribution in [-0.4, -0.2) is 39.5 Å². The third-order valence-corrected chi connectivity index (χ3v) is 4.15. The zero-order valence-corrected chi connectivity index (χ0v) is 15.0. The van der Waals surface area contributed by atoms with Crippen LogP contribution in [0.1, 0.15) is 5.56 Å². The van der Waals surface area contributed by atoms with Gasteiger partial charge in [0.15, 0.2) is 0 Å². The van der Waals surface area contributed by atoms with Crippen molar-refractivity contribution < 1.29 is 9.53 Å². The molecule has 0 aliphatic carbocycles. The topological polar surface area (TPSA) is 77.3 Å². The number of benzene rings is 2. The molecular formula is C20H20N4O3. The van der Waals surface area contributed by atoms with E-state index < -0.39 is 0 Å². The molecule has 0 spiro atoms. The number of rotatable bonds is 7. The van der Waals surface area contributed by atoms with Crippen molar-refractivity contribution >= 4 is 16.8 Å². The molecule has 0 bridgehead atoms. The van der Waals surface area contributed by atoms with Crippen molar-refractivity contribution in [3.63, 3.8) is 0 Å². The third kappa shape index (κ3) is 4.20. The Labute approximate surface area is 156 Å². The molecule has 0 unspecified atom stereocenters. The molecule has 0 N–H and O–H groups in total. The lowest BCUT2D eigenvalue weighted by Gasteiger charge is -2.21. The molecule has 138 valence electrons. The largest absolute Gasteiger partial charge is 0.497 e. The van der Waals surface area contributed by atoms with E-state index in [1.165, 1.54) is 0 Å². The maximum Gasteiger partial charge on any atom is 0.278 e. The lowest BCUT2D eigenvalue weighted by molar-refractivity contribution is -0.132. The number of fused-ring (bicyclic) bond motifs is 1. The van der Waals surface area contributed by atoms with Crippen molar-refractivity contribution in [2.75, 3.05) is 13.7 Å². The minimum atomic E-state index is -0.336. The smallest absolute Gasteiger partial charge is 0.278 e. The molecule has 1 amide bonds. The number of carbonyl (C=O) groups is 1. The summed E-state index contributed by atoms with van der Waals surface area (Å²) in [5.74, 6) is 0.510. The number of methoxy groups -OCH3 is 1. The van der Waals surface area contributed by atoms with Crippen LogP contribution in [0.5, 0.6) is 5.75 Å². The Morgan fingerprint density at radius 3 is 2.67 bits per heavy atom. The van der Waals surface area contributed by atoms with Crippen LogP contribution in [0.2, 0.25) is 0 Å². The molecule has 2 aromatic carbocycles. The zero-order chi connectivity index (χ0) is 19.2. The van der Waals surface area contributed by atoms with E-state index in [0.29, 0.717) is 24.0 Å². The van der Waals surface area contributed by atoms with Gasteiger partial charge in [-0.25, -0.2) is 4.68 Å². The number of aromatic nitrogens is 3. The van der Waals surface area contributed by atoms with Crippen molar-refractivity contribution in [2.24, 2.45) is 0 Å². The molecule has 1 heterocycles. The van der Waals surface area contributed by atoms with Crippen LogP contribution in [0.25, 0.3) is 10.9 Å². The third-order valence-electron chi connectivity index (χ3n) is 4.15. The predicted molar refractivity (Wildman–Crippen MR) is 102 cm³/mol. The molecule has 1 aromatic heterocycles. The van der Waals surface area contributed by atoms with Gasteiger partial charge in [-0.15, -0.1) is 11.7 Å². The second kappa shape index (κ2) is 8.27. The summed E-state index contributed by atoms with van der Waals surface area (Å²) < 4.78 is 6.24. The molecule has 3 rings (SSSR count). The molecule has 27 heavy (non-hydrogen) atoms. The summed E-state index contributed by atoms with van der Waals surface area (Å²) in [6, 6.07) is 14.4. The highest BCUT2D eigenvalue weighted by molar-refractivity contribution is 5.78. The van der Waals surface area contributed by atoms with Crippen LogP contribution >= 0.6 is 0 Å². The zero-order valence-electron chi connectivity index (χ0n) is 15.0. The van der Waals surface area contributed by atoms with Gasteiger partial charge in [-0.2, -0.15) is 0 Å². The van der Waals surface area contributed by atoms with Crippen molar-refractivity contribution in [2.45, 2.75) is 13.1 Å². The summed E-state index contributed by atoms with van der Waals surface area (Å²) in [7, 11) is 1.60. The van der Waals surface area contributed by atoms with E-state index in [1.807, 2.05) is 24.3 Å². The first-order valence-electron chi connectivity index (χ1n) is 8.46. The summed E-state index contributed by atoms with van der Waals surface area (Å²) in [6.07, 6.45) is 1.65. The minimum Gasteiger partial charge on any atom is -0.497 e. The summed E-state index contributed by atoms with van der Waals surface area (Å²) >= 11 is 0. The number of hydrogen-bond donors (Lipinski definition) is 0. The van der Waals surface area contributed by atoms with Crippen LogP contribution in [0.15, 0.2) is 66.0 Å². The molecule has 0 radical (unpaired) electrons. The fourth-order valence-electron chi connectivity index (χ4n) is 2.72. The van der Waals surface area contributed by atoms with E-state index in [9.17, 15) is 9.59 Å². The summed E-state index contributed by atoms with van der Waals surface area (Å²) in [6.45, 7) is 4.28. The first-order valence-corrected chi connectivity index (χ1v) is 8.46. The molecule has 7 heteroatoms. The highest BCUT2D eigenvalue weighted by Crippen LogP contribution is 2.13. The first kappa shape index (κ1) is 18.3. The van der Waals surface area contributed by atoms with E-state index in [-0.39, 0.29) is 18.0 Å². The van der Waals surface area contributed by atoms with Crippen molar-refractivity contribution in [3.05, 3.63) is 77.1 Å². The summed E-state index contributed by atoms with van der Waals surface area (Å²) in [5.41, 5.74) is 1.12. The van der Waals surface area contributed by atoms with Crippen LogP contribution in [-0.2, 0) is 17.9 Å². The van der Waals surface area contributed by atoms with Gasteiger partial charge >= 0.3 is 0 Å². The molecule has 0 saturated heterocycles. The average Bonchev–Trinajstić information content (AvgIpc) is 2.70. The first-order chi connectivity index (χ1) is 13.1. The van der Waals surface area contributed by atoms with E-state index in [1.54, 1.807) is 42.4 Å². The second-order valence-electron chi connectivity index (χ2n) is 5.98. The van der Waals surface area contributed by atoms with Gasteiger partial charge in [0.05, 0.1) is 12.5 Å². The SMILES string of the molecule is C=CCN(Cc1ccc(OC)cc1)C(=O)Cn1nnc2ccccc2c1=O. The van der Waals surface area contributed by atoms with Gasteiger partial charge in [0.25, 0.3) is 5.56 Å². The Bertz CT molecular complexity index is 1010. The Morgan fingerprint density at radius 1 is 1.22 bits per heavy atom. The quantitative estimate of drug-likeness (QED) is 0.600. The molecule has 0 aliphatic rings. The molecule has 3 aromatic rings. The predicted octanol–water partition coefficient (Wildman–Crippen LogP) is 2.01. The molecule has 0 fully saturated rings. The van der Waals surface area contributed by atoms with Gasteiger partial charge in [-0.05, 0) is 29.8 Å². The Kier molecular flexibility index (Phi) is 5.61. The monoisotopic (exact) mass is 364 g/mol. The molecule has 7 nitrogen and oxygen atoms in total. The number of ether oxygens (including phenoxy) is 1. The maximum absolute atomic E-state index is 12.7. The van der Waals surface area contributed by atoms with Gasteiger partial charge < -0.3 is 9.64 Å². The molecule has 0 saturated carbocycles. The van der Waals surface area contributed by atoms with E-state index >= 15 is 0 Å². The van der Waals surface area contributed by atoms with Crippen LogP contribution < -0.4 is 10.3 Å². The Balaban J connectivity index is 1.79. The van der Waals surface area contributed by atoms with Gasteiger partial charge in [-0.1, -0.05) is 35.6 Å². The summed E-state index contributed by atoms with van der Waals surface area (Å²) in [4.78, 5) is 26.9. The Hall–Kier alpha value is -3.48. The fourth-order valence-corrected chi connectivity index (χ4v) is 2.72.